The largest absolute Gasteiger partial charge is 0.309 e. The fourth-order valence-corrected chi connectivity index (χ4v) is 9.96. The van der Waals surface area contributed by atoms with Crippen LogP contribution in [0.1, 0.15) is 0 Å². The van der Waals surface area contributed by atoms with Crippen molar-refractivity contribution >= 4 is 96.7 Å². The molecule has 0 radical (unpaired) electrons. The molecule has 0 saturated heterocycles. The number of hydrogen-bond acceptors (Lipinski definition) is 1. The van der Waals surface area contributed by atoms with Crippen LogP contribution >= 0.6 is 11.3 Å². The maximum absolute atomic E-state index is 2.50. The van der Waals surface area contributed by atoms with Gasteiger partial charge in [-0.1, -0.05) is 109 Å². The third kappa shape index (κ3) is 4.20. The summed E-state index contributed by atoms with van der Waals surface area (Å²) in [5.41, 5.74) is 9.72. The molecule has 0 fully saturated rings. The van der Waals surface area contributed by atoms with Gasteiger partial charge < -0.3 is 9.13 Å². The van der Waals surface area contributed by atoms with Crippen molar-refractivity contribution in [2.75, 3.05) is 0 Å². The zero-order chi connectivity index (χ0) is 34.6. The second-order valence-electron chi connectivity index (χ2n) is 14.1. The van der Waals surface area contributed by atoms with E-state index in [0.717, 1.165) is 0 Å². The van der Waals surface area contributed by atoms with E-state index in [2.05, 4.69) is 191 Å². The lowest BCUT2D eigenvalue weighted by atomic mass is 10.00. The molecule has 0 amide bonds. The lowest BCUT2D eigenvalue weighted by Crippen LogP contribution is -1.95. The molecule has 0 N–H and O–H groups in total. The SMILES string of the molecule is c1ccc2cc(-n3c4ccccc4c4cc(-c5ccc6c(c5)c5cc7ccccc7cc5n6-c5cccc6sc7ccccc7c56)ccc43)ccc2c1. The Kier molecular flexibility index (Phi) is 5.96. The highest BCUT2D eigenvalue weighted by atomic mass is 32.1. The van der Waals surface area contributed by atoms with Gasteiger partial charge in [0.2, 0.25) is 0 Å². The number of benzene rings is 9. The van der Waals surface area contributed by atoms with E-state index in [1.54, 1.807) is 0 Å². The van der Waals surface area contributed by atoms with Crippen molar-refractivity contribution in [3.63, 3.8) is 0 Å². The van der Waals surface area contributed by atoms with Crippen LogP contribution in [0.15, 0.2) is 182 Å². The van der Waals surface area contributed by atoms with E-state index in [0.29, 0.717) is 0 Å². The summed E-state index contributed by atoms with van der Waals surface area (Å²) in [5, 5.41) is 12.7. The van der Waals surface area contributed by atoms with Gasteiger partial charge in [0.15, 0.2) is 0 Å². The molecular formula is C50H30N2S. The topological polar surface area (TPSA) is 9.86 Å². The van der Waals surface area contributed by atoms with Gasteiger partial charge in [-0.05, 0) is 105 Å². The number of para-hydroxylation sites is 1. The van der Waals surface area contributed by atoms with Crippen LogP contribution in [-0.2, 0) is 0 Å². The number of thiophene rings is 1. The zero-order valence-corrected chi connectivity index (χ0v) is 29.4. The number of fused-ring (bicyclic) bond motifs is 11. The van der Waals surface area contributed by atoms with Gasteiger partial charge >= 0.3 is 0 Å². The van der Waals surface area contributed by atoms with Crippen LogP contribution in [0.25, 0.3) is 108 Å². The van der Waals surface area contributed by atoms with Crippen LogP contribution in [0.5, 0.6) is 0 Å². The van der Waals surface area contributed by atoms with Crippen molar-refractivity contribution in [3.05, 3.63) is 182 Å². The zero-order valence-electron chi connectivity index (χ0n) is 28.6. The number of hydrogen-bond donors (Lipinski definition) is 0. The van der Waals surface area contributed by atoms with Gasteiger partial charge in [-0.2, -0.15) is 0 Å². The Labute approximate surface area is 309 Å². The molecule has 3 heteroatoms. The highest BCUT2D eigenvalue weighted by molar-refractivity contribution is 7.25. The fraction of sp³-hybridized carbons (Fsp3) is 0. The van der Waals surface area contributed by atoms with E-state index in [-0.39, 0.29) is 0 Å². The van der Waals surface area contributed by atoms with E-state index in [4.69, 9.17) is 0 Å². The summed E-state index contributed by atoms with van der Waals surface area (Å²) in [7, 11) is 0. The first-order valence-corrected chi connectivity index (χ1v) is 19.0. The fourth-order valence-electron chi connectivity index (χ4n) is 8.83. The second-order valence-corrected chi connectivity index (χ2v) is 15.2. The first-order valence-electron chi connectivity index (χ1n) is 18.2. The lowest BCUT2D eigenvalue weighted by molar-refractivity contribution is 1.19. The quantitative estimate of drug-likeness (QED) is 0.175. The van der Waals surface area contributed by atoms with E-state index in [9.17, 15) is 0 Å². The smallest absolute Gasteiger partial charge is 0.0555 e. The Hall–Kier alpha value is -6.68. The van der Waals surface area contributed by atoms with Crippen LogP contribution < -0.4 is 0 Å². The Morgan fingerprint density at radius 1 is 0.321 bits per heavy atom. The molecule has 3 heterocycles. The Bertz CT molecular complexity index is 3470. The molecule has 12 aromatic rings. The van der Waals surface area contributed by atoms with Gasteiger partial charge in [0, 0.05) is 47.4 Å². The first-order chi connectivity index (χ1) is 26.3. The Morgan fingerprint density at radius 2 is 0.906 bits per heavy atom. The molecule has 0 aliphatic heterocycles. The minimum atomic E-state index is 1.18. The van der Waals surface area contributed by atoms with E-state index in [1.807, 2.05) is 11.3 Å². The van der Waals surface area contributed by atoms with Crippen LogP contribution in [-0.4, -0.2) is 9.13 Å². The molecule has 0 bridgehead atoms. The summed E-state index contributed by atoms with van der Waals surface area (Å²) in [4.78, 5) is 0. The summed E-state index contributed by atoms with van der Waals surface area (Å²) in [5.74, 6) is 0. The molecular weight excluding hydrogens is 661 g/mol. The van der Waals surface area contributed by atoms with Gasteiger partial charge in [-0.3, -0.25) is 0 Å². The van der Waals surface area contributed by atoms with E-state index < -0.39 is 0 Å². The van der Waals surface area contributed by atoms with Crippen molar-refractivity contribution in [1.82, 2.24) is 9.13 Å². The standard InChI is InChI=1S/C50H30N2S/c1-2-11-32-26-37(23-20-31(32)10-1)51-43-16-7-5-14-38(43)40-28-35(21-24-44(40)51)36-22-25-45-41(29-36)42-27-33-12-3-4-13-34(33)30-47(42)52(45)46-17-9-19-49-50(46)39-15-6-8-18-48(39)53-49/h1-30H. The average molecular weight is 691 g/mol. The van der Waals surface area contributed by atoms with Gasteiger partial charge in [0.05, 0.1) is 27.8 Å². The first kappa shape index (κ1) is 29.0. The molecule has 0 spiro atoms. The highest BCUT2D eigenvalue weighted by Gasteiger charge is 2.19. The minimum Gasteiger partial charge on any atom is -0.309 e. The number of nitrogens with zero attached hydrogens (tertiary/aromatic N) is 2. The van der Waals surface area contributed by atoms with Crippen molar-refractivity contribution < 1.29 is 0 Å². The molecule has 53 heavy (non-hydrogen) atoms. The number of aromatic nitrogens is 2. The third-order valence-electron chi connectivity index (χ3n) is 11.3. The monoisotopic (exact) mass is 690 g/mol. The van der Waals surface area contributed by atoms with Gasteiger partial charge in [0.25, 0.3) is 0 Å². The van der Waals surface area contributed by atoms with Crippen molar-refractivity contribution in [3.8, 4) is 22.5 Å². The summed E-state index contributed by atoms with van der Waals surface area (Å²) >= 11 is 1.87. The normalized spacial score (nSPS) is 12.2. The molecule has 0 atom stereocenters. The molecule has 0 saturated carbocycles. The Balaban J connectivity index is 1.10. The maximum atomic E-state index is 2.50. The lowest BCUT2D eigenvalue weighted by Gasteiger charge is -2.11. The molecule has 3 aromatic heterocycles. The molecule has 9 aromatic carbocycles. The summed E-state index contributed by atoms with van der Waals surface area (Å²) in [6.07, 6.45) is 0. The summed E-state index contributed by atoms with van der Waals surface area (Å²) in [6, 6.07) is 67.3. The molecule has 0 aliphatic carbocycles. The maximum Gasteiger partial charge on any atom is 0.0555 e. The van der Waals surface area contributed by atoms with Crippen LogP contribution in [0.4, 0.5) is 0 Å². The van der Waals surface area contributed by atoms with Gasteiger partial charge in [-0.25, -0.2) is 0 Å². The highest BCUT2D eigenvalue weighted by Crippen LogP contribution is 2.43. The van der Waals surface area contributed by atoms with E-state index >= 15 is 0 Å². The second kappa shape index (κ2) is 10.9. The summed E-state index contributed by atoms with van der Waals surface area (Å²) < 4.78 is 7.55. The van der Waals surface area contributed by atoms with Crippen LogP contribution in [0.2, 0.25) is 0 Å². The predicted octanol–water partition coefficient (Wildman–Crippen LogP) is 14.2. The van der Waals surface area contributed by atoms with Crippen molar-refractivity contribution in [1.29, 1.82) is 0 Å². The van der Waals surface area contributed by atoms with Crippen molar-refractivity contribution in [2.45, 2.75) is 0 Å². The van der Waals surface area contributed by atoms with Gasteiger partial charge in [0.1, 0.15) is 0 Å². The molecule has 0 aliphatic rings. The molecule has 2 nitrogen and oxygen atoms in total. The molecule has 246 valence electrons. The Morgan fingerprint density at radius 3 is 1.72 bits per heavy atom. The van der Waals surface area contributed by atoms with Crippen LogP contribution in [0, 0.1) is 0 Å². The average Bonchev–Trinajstić information content (AvgIpc) is 3.87. The number of rotatable bonds is 3. The van der Waals surface area contributed by atoms with Crippen molar-refractivity contribution in [2.24, 2.45) is 0 Å². The molecule has 0 unspecified atom stereocenters. The molecule has 12 rings (SSSR count). The van der Waals surface area contributed by atoms with Gasteiger partial charge in [-0.15, -0.1) is 11.3 Å². The summed E-state index contributed by atoms with van der Waals surface area (Å²) in [6.45, 7) is 0. The van der Waals surface area contributed by atoms with E-state index in [1.165, 1.54) is 108 Å². The minimum absolute atomic E-state index is 1.18. The van der Waals surface area contributed by atoms with Crippen LogP contribution in [0.3, 0.4) is 0 Å². The predicted molar refractivity (Wildman–Crippen MR) is 228 cm³/mol. The third-order valence-corrected chi connectivity index (χ3v) is 12.4.